The Labute approximate surface area is 327 Å². The van der Waals surface area contributed by atoms with Gasteiger partial charge in [0.05, 0.1) is 0 Å². The first-order chi connectivity index (χ1) is 27.7. The highest BCUT2D eigenvalue weighted by Gasteiger charge is 2.20. The van der Waals surface area contributed by atoms with Crippen molar-refractivity contribution in [3.05, 3.63) is 188 Å². The second-order valence-electron chi connectivity index (χ2n) is 14.3. The molecule has 3 heterocycles. The van der Waals surface area contributed by atoms with E-state index in [1.165, 1.54) is 31.3 Å². The van der Waals surface area contributed by atoms with Gasteiger partial charge in [0, 0.05) is 53.6 Å². The van der Waals surface area contributed by atoms with Crippen molar-refractivity contribution in [1.82, 2.24) is 15.0 Å². The Bertz CT molecular complexity index is 3190. The van der Waals surface area contributed by atoms with Gasteiger partial charge in [-0.05, 0) is 58.5 Å². The van der Waals surface area contributed by atoms with E-state index in [0.717, 1.165) is 67.6 Å². The molecule has 0 radical (unpaired) electrons. The number of thiophene rings is 1. The number of rotatable bonds is 6. The van der Waals surface area contributed by atoms with Gasteiger partial charge in [-0.25, -0.2) is 15.0 Å². The maximum absolute atomic E-state index is 6.78. The van der Waals surface area contributed by atoms with E-state index in [0.29, 0.717) is 11.6 Å². The molecule has 1 atom stereocenters. The van der Waals surface area contributed by atoms with Crippen LogP contribution in [0.25, 0.3) is 98.3 Å². The van der Waals surface area contributed by atoms with E-state index in [4.69, 9.17) is 19.4 Å². The number of nitrogens with zero attached hydrogens (tertiary/aromatic N) is 3. The largest absolute Gasteiger partial charge is 0.455 e. The van der Waals surface area contributed by atoms with E-state index in [1.807, 2.05) is 29.5 Å². The Morgan fingerprint density at radius 3 is 1.96 bits per heavy atom. The third-order valence-corrected chi connectivity index (χ3v) is 12.1. The van der Waals surface area contributed by atoms with Crippen LogP contribution in [-0.2, 0) is 0 Å². The van der Waals surface area contributed by atoms with Gasteiger partial charge in [0.25, 0.3) is 0 Å². The lowest BCUT2D eigenvalue weighted by molar-refractivity contribution is 0.670. The fraction of sp³-hybridized carbons (Fsp3) is 0.0392. The number of para-hydroxylation sites is 1. The van der Waals surface area contributed by atoms with Crippen LogP contribution >= 0.6 is 11.3 Å². The van der Waals surface area contributed by atoms with E-state index in [1.54, 1.807) is 0 Å². The number of allylic oxidation sites excluding steroid dienone is 4. The number of hydrogen-bond acceptors (Lipinski definition) is 5. The standard InChI is InChI=1S/C51H33N3OS/c1-3-14-32(15-4-1)49-52-50(33-16-5-2-6-17-33)54-51(53-49)37-21-10-18-34(31-37)38-23-13-28-44-46(38)43-27-11-24-39(47(43)55-44)35-19-9-20-36(30-35)40-25-12-26-42-41-22-7-8-29-45(41)56-48(40)42/h1-16,18-31,33H,17H2. The molecule has 0 saturated heterocycles. The molecular weight excluding hydrogens is 703 g/mol. The van der Waals surface area contributed by atoms with Gasteiger partial charge in [0.2, 0.25) is 0 Å². The van der Waals surface area contributed by atoms with Crippen LogP contribution in [0.5, 0.6) is 0 Å². The van der Waals surface area contributed by atoms with Gasteiger partial charge in [0.1, 0.15) is 17.0 Å². The zero-order chi connectivity index (χ0) is 37.0. The normalized spacial score (nSPS) is 14.0. The molecule has 0 saturated carbocycles. The first-order valence-corrected chi connectivity index (χ1v) is 19.8. The minimum Gasteiger partial charge on any atom is -0.455 e. The van der Waals surface area contributed by atoms with Gasteiger partial charge in [-0.3, -0.25) is 0 Å². The van der Waals surface area contributed by atoms with Gasteiger partial charge in [0.15, 0.2) is 11.6 Å². The summed E-state index contributed by atoms with van der Waals surface area (Å²) in [6.45, 7) is 0. The average molecular weight is 736 g/mol. The van der Waals surface area contributed by atoms with Gasteiger partial charge in [-0.15, -0.1) is 11.3 Å². The highest BCUT2D eigenvalue weighted by Crippen LogP contribution is 2.43. The predicted octanol–water partition coefficient (Wildman–Crippen LogP) is 14.1. The van der Waals surface area contributed by atoms with Crippen LogP contribution < -0.4 is 0 Å². The Kier molecular flexibility index (Phi) is 7.78. The molecule has 3 aromatic heterocycles. The van der Waals surface area contributed by atoms with Crippen molar-refractivity contribution < 1.29 is 4.42 Å². The molecular formula is C51H33N3OS. The first-order valence-electron chi connectivity index (χ1n) is 19.0. The number of aromatic nitrogens is 3. The Morgan fingerprint density at radius 1 is 0.500 bits per heavy atom. The number of hydrogen-bond donors (Lipinski definition) is 0. The number of fused-ring (bicyclic) bond motifs is 6. The summed E-state index contributed by atoms with van der Waals surface area (Å²) in [5.74, 6) is 2.22. The summed E-state index contributed by atoms with van der Waals surface area (Å²) in [6.07, 6.45) is 9.35. The molecule has 0 aliphatic heterocycles. The van der Waals surface area contributed by atoms with Crippen LogP contribution in [-0.4, -0.2) is 15.0 Å². The monoisotopic (exact) mass is 735 g/mol. The lowest BCUT2D eigenvalue weighted by Crippen LogP contribution is -2.07. The molecule has 0 N–H and O–H groups in total. The first kappa shape index (κ1) is 32.5. The van der Waals surface area contributed by atoms with Crippen LogP contribution in [0.4, 0.5) is 0 Å². The van der Waals surface area contributed by atoms with E-state index >= 15 is 0 Å². The van der Waals surface area contributed by atoms with Crippen molar-refractivity contribution in [2.75, 3.05) is 0 Å². The summed E-state index contributed by atoms with van der Waals surface area (Å²) in [5.41, 5.74) is 10.5. The van der Waals surface area contributed by atoms with Crippen LogP contribution in [0.3, 0.4) is 0 Å². The minimum absolute atomic E-state index is 0.0952. The fourth-order valence-corrected chi connectivity index (χ4v) is 9.38. The molecule has 0 spiro atoms. The van der Waals surface area contributed by atoms with Crippen molar-refractivity contribution in [3.8, 4) is 56.2 Å². The van der Waals surface area contributed by atoms with Crippen molar-refractivity contribution >= 4 is 53.4 Å². The molecule has 0 fully saturated rings. The molecule has 7 aromatic carbocycles. The van der Waals surface area contributed by atoms with E-state index in [2.05, 4.69) is 164 Å². The summed E-state index contributed by atoms with van der Waals surface area (Å²) in [7, 11) is 0. The summed E-state index contributed by atoms with van der Waals surface area (Å²) in [4.78, 5) is 15.1. The molecule has 0 bridgehead atoms. The molecule has 1 aliphatic rings. The molecule has 264 valence electrons. The van der Waals surface area contributed by atoms with Crippen molar-refractivity contribution in [2.24, 2.45) is 0 Å². The topological polar surface area (TPSA) is 51.8 Å². The molecule has 5 heteroatoms. The third kappa shape index (κ3) is 5.55. The van der Waals surface area contributed by atoms with Gasteiger partial charge < -0.3 is 4.42 Å². The second kappa shape index (κ2) is 13.4. The van der Waals surface area contributed by atoms with Crippen LogP contribution in [0.2, 0.25) is 0 Å². The van der Waals surface area contributed by atoms with Crippen molar-refractivity contribution in [2.45, 2.75) is 12.3 Å². The Morgan fingerprint density at radius 2 is 1.12 bits per heavy atom. The maximum Gasteiger partial charge on any atom is 0.163 e. The predicted molar refractivity (Wildman–Crippen MR) is 233 cm³/mol. The zero-order valence-electron chi connectivity index (χ0n) is 30.3. The highest BCUT2D eigenvalue weighted by atomic mass is 32.1. The number of furan rings is 1. The van der Waals surface area contributed by atoms with Gasteiger partial charge in [-0.1, -0.05) is 158 Å². The molecule has 4 nitrogen and oxygen atoms in total. The summed E-state index contributed by atoms with van der Waals surface area (Å²) in [5, 5.41) is 4.79. The smallest absolute Gasteiger partial charge is 0.163 e. The molecule has 0 amide bonds. The summed E-state index contributed by atoms with van der Waals surface area (Å²) >= 11 is 1.86. The van der Waals surface area contributed by atoms with Gasteiger partial charge >= 0.3 is 0 Å². The summed E-state index contributed by atoms with van der Waals surface area (Å²) < 4.78 is 9.40. The van der Waals surface area contributed by atoms with Crippen molar-refractivity contribution in [1.29, 1.82) is 0 Å². The SMILES string of the molecule is C1=CCC(c2nc(-c3ccccc3)nc(-c3cccc(-c4cccc5oc6c(-c7cccc(-c8cccc9c8sc8ccccc89)c7)cccc6c45)c3)n2)C=C1. The molecule has 1 unspecified atom stereocenters. The average Bonchev–Trinajstić information content (AvgIpc) is 3.86. The van der Waals surface area contributed by atoms with Crippen LogP contribution in [0.1, 0.15) is 18.2 Å². The number of benzene rings is 7. The van der Waals surface area contributed by atoms with E-state index < -0.39 is 0 Å². The second-order valence-corrected chi connectivity index (χ2v) is 15.3. The fourth-order valence-electron chi connectivity index (χ4n) is 8.15. The minimum atomic E-state index is 0.0952. The lowest BCUT2D eigenvalue weighted by Gasteiger charge is -2.14. The Balaban J connectivity index is 1.02. The molecule has 56 heavy (non-hydrogen) atoms. The lowest BCUT2D eigenvalue weighted by atomic mass is 9.95. The molecule has 1 aliphatic carbocycles. The van der Waals surface area contributed by atoms with Crippen LogP contribution in [0.15, 0.2) is 186 Å². The Hall–Kier alpha value is -6.95. The van der Waals surface area contributed by atoms with Crippen LogP contribution in [0, 0.1) is 0 Å². The van der Waals surface area contributed by atoms with E-state index in [9.17, 15) is 0 Å². The highest BCUT2D eigenvalue weighted by molar-refractivity contribution is 7.26. The van der Waals surface area contributed by atoms with Crippen molar-refractivity contribution in [3.63, 3.8) is 0 Å². The maximum atomic E-state index is 6.78. The molecule has 10 aromatic rings. The molecule has 11 rings (SSSR count). The summed E-state index contributed by atoms with van der Waals surface area (Å²) in [6, 6.07) is 55.7. The third-order valence-electron chi connectivity index (χ3n) is 10.8. The quantitative estimate of drug-likeness (QED) is 0.171. The zero-order valence-corrected chi connectivity index (χ0v) is 31.1. The van der Waals surface area contributed by atoms with Gasteiger partial charge in [-0.2, -0.15) is 0 Å². The van der Waals surface area contributed by atoms with E-state index in [-0.39, 0.29) is 5.92 Å².